The van der Waals surface area contributed by atoms with Crippen molar-refractivity contribution in [3.05, 3.63) is 65.7 Å². The minimum atomic E-state index is -0.125. The van der Waals surface area contributed by atoms with Crippen LogP contribution in [0.5, 0.6) is 5.75 Å². The Bertz CT molecular complexity index is 618. The van der Waals surface area contributed by atoms with Crippen molar-refractivity contribution in [2.45, 2.75) is 0 Å². The van der Waals surface area contributed by atoms with Crippen LogP contribution in [0.3, 0.4) is 0 Å². The fraction of sp³-hybridized carbons (Fsp3) is 0.125. The van der Waals surface area contributed by atoms with Crippen molar-refractivity contribution in [2.75, 3.05) is 13.2 Å². The Morgan fingerprint density at radius 2 is 1.95 bits per heavy atom. The van der Waals surface area contributed by atoms with Crippen molar-refractivity contribution < 1.29 is 9.53 Å². The van der Waals surface area contributed by atoms with Crippen LogP contribution in [0.1, 0.15) is 15.9 Å². The monoisotopic (exact) mass is 266 g/mol. The minimum absolute atomic E-state index is 0.125. The molecule has 4 nitrogen and oxygen atoms in total. The molecular formula is C16H14N2O2. The van der Waals surface area contributed by atoms with E-state index >= 15 is 0 Å². The normalized spacial score (nSPS) is 9.55. The molecule has 0 aromatic heterocycles. The summed E-state index contributed by atoms with van der Waals surface area (Å²) in [5.74, 6) is 0.498. The van der Waals surface area contributed by atoms with Crippen molar-refractivity contribution in [1.82, 2.24) is 5.32 Å². The van der Waals surface area contributed by atoms with Gasteiger partial charge in [0.2, 0.25) is 0 Å². The van der Waals surface area contributed by atoms with E-state index in [4.69, 9.17) is 10.00 Å². The van der Waals surface area contributed by atoms with Crippen molar-refractivity contribution in [1.29, 1.82) is 5.26 Å². The molecular weight excluding hydrogens is 252 g/mol. The van der Waals surface area contributed by atoms with Gasteiger partial charge in [0, 0.05) is 5.56 Å². The number of nitrogens with one attached hydrogen (secondary N) is 1. The first-order chi connectivity index (χ1) is 9.79. The highest BCUT2D eigenvalue weighted by atomic mass is 16.5. The van der Waals surface area contributed by atoms with Crippen LogP contribution in [0.2, 0.25) is 0 Å². The molecule has 0 atom stereocenters. The molecule has 0 unspecified atom stereocenters. The maximum atomic E-state index is 11.7. The maximum Gasteiger partial charge on any atom is 0.251 e. The maximum absolute atomic E-state index is 11.7. The second-order valence-electron chi connectivity index (χ2n) is 4.11. The van der Waals surface area contributed by atoms with E-state index < -0.39 is 0 Å². The number of carbonyl (C=O) groups excluding carboxylic acids is 1. The number of nitrogens with zero attached hydrogens (tertiary/aromatic N) is 1. The molecule has 0 aliphatic rings. The molecule has 0 saturated heterocycles. The first kappa shape index (κ1) is 13.6. The van der Waals surface area contributed by atoms with Crippen molar-refractivity contribution in [3.63, 3.8) is 0 Å². The van der Waals surface area contributed by atoms with Gasteiger partial charge in [0.15, 0.2) is 0 Å². The van der Waals surface area contributed by atoms with Gasteiger partial charge in [-0.2, -0.15) is 5.26 Å². The van der Waals surface area contributed by atoms with E-state index in [2.05, 4.69) is 5.32 Å². The van der Waals surface area contributed by atoms with Gasteiger partial charge in [-0.3, -0.25) is 4.79 Å². The molecule has 0 fully saturated rings. The molecule has 0 radical (unpaired) electrons. The van der Waals surface area contributed by atoms with Crippen LogP contribution in [0.15, 0.2) is 54.6 Å². The summed E-state index contributed by atoms with van der Waals surface area (Å²) in [6.07, 6.45) is 0. The third-order valence-electron chi connectivity index (χ3n) is 2.66. The molecule has 0 aliphatic carbocycles. The number of benzene rings is 2. The lowest BCUT2D eigenvalue weighted by Gasteiger charge is -2.08. The zero-order valence-electron chi connectivity index (χ0n) is 10.9. The number of amides is 1. The Morgan fingerprint density at radius 1 is 1.15 bits per heavy atom. The molecule has 100 valence electrons. The Balaban J connectivity index is 1.77. The Morgan fingerprint density at radius 3 is 2.70 bits per heavy atom. The van der Waals surface area contributed by atoms with Crippen LogP contribution in [0.4, 0.5) is 0 Å². The van der Waals surface area contributed by atoms with Crippen LogP contribution in [-0.4, -0.2) is 19.1 Å². The number of rotatable bonds is 5. The predicted octanol–water partition coefficient (Wildman–Crippen LogP) is 2.37. The molecule has 0 saturated carbocycles. The van der Waals surface area contributed by atoms with Crippen LogP contribution >= 0.6 is 0 Å². The van der Waals surface area contributed by atoms with Gasteiger partial charge in [-0.15, -0.1) is 0 Å². The lowest BCUT2D eigenvalue weighted by molar-refractivity contribution is 0.0947. The van der Waals surface area contributed by atoms with Gasteiger partial charge in [0.05, 0.1) is 18.2 Å². The standard InChI is InChI=1S/C16H14N2O2/c17-12-13-5-4-8-15(11-13)20-10-9-18-16(19)14-6-2-1-3-7-14/h1-8,11H,9-10H2,(H,18,19). The Hall–Kier alpha value is -2.80. The van der Waals surface area contributed by atoms with E-state index in [0.29, 0.717) is 30.0 Å². The third kappa shape index (κ3) is 3.85. The minimum Gasteiger partial charge on any atom is -0.492 e. The smallest absolute Gasteiger partial charge is 0.251 e. The second kappa shape index (κ2) is 6.95. The Kier molecular flexibility index (Phi) is 4.74. The molecule has 0 spiro atoms. The number of hydrogen-bond acceptors (Lipinski definition) is 3. The van der Waals surface area contributed by atoms with E-state index in [9.17, 15) is 4.79 Å². The first-order valence-electron chi connectivity index (χ1n) is 6.26. The topological polar surface area (TPSA) is 62.1 Å². The van der Waals surface area contributed by atoms with Gasteiger partial charge < -0.3 is 10.1 Å². The number of nitriles is 1. The van der Waals surface area contributed by atoms with Crippen molar-refractivity contribution >= 4 is 5.91 Å². The van der Waals surface area contributed by atoms with Crippen molar-refractivity contribution in [3.8, 4) is 11.8 Å². The summed E-state index contributed by atoms with van der Waals surface area (Å²) in [6.45, 7) is 0.762. The largest absolute Gasteiger partial charge is 0.492 e. The summed E-state index contributed by atoms with van der Waals surface area (Å²) in [5.41, 5.74) is 1.18. The number of hydrogen-bond donors (Lipinski definition) is 1. The number of ether oxygens (including phenoxy) is 1. The van der Waals surface area contributed by atoms with Gasteiger partial charge in [0.25, 0.3) is 5.91 Å². The predicted molar refractivity (Wildman–Crippen MR) is 75.4 cm³/mol. The van der Waals surface area contributed by atoms with E-state index in [1.54, 1.807) is 36.4 Å². The quantitative estimate of drug-likeness (QED) is 0.845. The number of carbonyl (C=O) groups is 1. The van der Waals surface area contributed by atoms with E-state index in [1.807, 2.05) is 24.3 Å². The summed E-state index contributed by atoms with van der Waals surface area (Å²) in [6, 6.07) is 18.0. The molecule has 4 heteroatoms. The summed E-state index contributed by atoms with van der Waals surface area (Å²) in [5, 5.41) is 11.5. The molecule has 0 aliphatic heterocycles. The van der Waals surface area contributed by atoms with Crippen LogP contribution in [0, 0.1) is 11.3 Å². The van der Waals surface area contributed by atoms with Crippen LogP contribution in [-0.2, 0) is 0 Å². The van der Waals surface area contributed by atoms with Crippen LogP contribution < -0.4 is 10.1 Å². The van der Waals surface area contributed by atoms with Gasteiger partial charge in [-0.25, -0.2) is 0 Å². The fourth-order valence-electron chi connectivity index (χ4n) is 1.68. The summed E-state index contributed by atoms with van der Waals surface area (Å²) < 4.78 is 5.47. The van der Waals surface area contributed by atoms with Gasteiger partial charge in [-0.05, 0) is 30.3 Å². The molecule has 1 amide bonds. The zero-order chi connectivity index (χ0) is 14.2. The zero-order valence-corrected chi connectivity index (χ0v) is 10.9. The first-order valence-corrected chi connectivity index (χ1v) is 6.26. The molecule has 2 aromatic rings. The summed E-state index contributed by atoms with van der Waals surface area (Å²) in [4.78, 5) is 11.7. The molecule has 2 aromatic carbocycles. The second-order valence-corrected chi connectivity index (χ2v) is 4.11. The SMILES string of the molecule is N#Cc1cccc(OCCNC(=O)c2ccccc2)c1. The molecule has 0 bridgehead atoms. The van der Waals surface area contributed by atoms with E-state index in [-0.39, 0.29) is 5.91 Å². The molecule has 1 N–H and O–H groups in total. The lowest BCUT2D eigenvalue weighted by atomic mass is 10.2. The average molecular weight is 266 g/mol. The highest BCUT2D eigenvalue weighted by Gasteiger charge is 2.03. The van der Waals surface area contributed by atoms with Crippen LogP contribution in [0.25, 0.3) is 0 Å². The van der Waals surface area contributed by atoms with Gasteiger partial charge in [-0.1, -0.05) is 24.3 Å². The molecule has 0 heterocycles. The summed E-state index contributed by atoms with van der Waals surface area (Å²) in [7, 11) is 0. The van der Waals surface area contributed by atoms with Gasteiger partial charge >= 0.3 is 0 Å². The average Bonchev–Trinajstić information content (AvgIpc) is 2.52. The highest BCUT2D eigenvalue weighted by Crippen LogP contribution is 2.11. The van der Waals surface area contributed by atoms with E-state index in [1.165, 1.54) is 0 Å². The van der Waals surface area contributed by atoms with Crippen molar-refractivity contribution in [2.24, 2.45) is 0 Å². The lowest BCUT2D eigenvalue weighted by Crippen LogP contribution is -2.28. The molecule has 20 heavy (non-hydrogen) atoms. The highest BCUT2D eigenvalue weighted by molar-refractivity contribution is 5.94. The summed E-state index contributed by atoms with van der Waals surface area (Å²) >= 11 is 0. The third-order valence-corrected chi connectivity index (χ3v) is 2.66. The molecule has 2 rings (SSSR count). The van der Waals surface area contributed by atoms with E-state index in [0.717, 1.165) is 0 Å². The van der Waals surface area contributed by atoms with Gasteiger partial charge in [0.1, 0.15) is 12.4 Å². The Labute approximate surface area is 117 Å². The fourth-order valence-corrected chi connectivity index (χ4v) is 1.68.